The summed E-state index contributed by atoms with van der Waals surface area (Å²) in [6.07, 6.45) is 0.692. The third-order valence-corrected chi connectivity index (χ3v) is 3.23. The van der Waals surface area contributed by atoms with E-state index in [-0.39, 0.29) is 12.3 Å². The first-order chi connectivity index (χ1) is 8.79. The fraction of sp³-hybridized carbons (Fsp3) is 0.429. The average molecular weight is 246 g/mol. The first-order valence-corrected chi connectivity index (χ1v) is 6.27. The van der Waals surface area contributed by atoms with Crippen LogP contribution in [0.4, 0.5) is 0 Å². The Bertz CT molecular complexity index is 398. The normalized spacial score (nSPS) is 16.6. The van der Waals surface area contributed by atoms with Crippen LogP contribution in [0, 0.1) is 0 Å². The van der Waals surface area contributed by atoms with E-state index in [2.05, 4.69) is 17.0 Å². The molecule has 0 unspecified atom stereocenters. The molecule has 1 saturated heterocycles. The maximum Gasteiger partial charge on any atom is 0.229 e. The van der Waals surface area contributed by atoms with Crippen molar-refractivity contribution in [3.05, 3.63) is 35.9 Å². The van der Waals surface area contributed by atoms with Gasteiger partial charge < -0.3 is 9.69 Å². The molecule has 0 radical (unpaired) electrons. The number of carbonyl (C=O) groups is 2. The van der Waals surface area contributed by atoms with Crippen molar-refractivity contribution in [2.75, 3.05) is 26.2 Å². The molecule has 2 rings (SSSR count). The van der Waals surface area contributed by atoms with Crippen LogP contribution in [0.2, 0.25) is 0 Å². The minimum Gasteiger partial charge on any atom is -0.340 e. The number of aldehydes is 1. The number of piperazine rings is 1. The van der Waals surface area contributed by atoms with Gasteiger partial charge in [-0.1, -0.05) is 30.3 Å². The van der Waals surface area contributed by atoms with E-state index in [0.29, 0.717) is 6.29 Å². The van der Waals surface area contributed by atoms with E-state index in [1.807, 2.05) is 18.2 Å². The molecule has 1 heterocycles. The molecule has 0 aliphatic carbocycles. The van der Waals surface area contributed by atoms with Crippen LogP contribution in [-0.4, -0.2) is 48.2 Å². The number of rotatable bonds is 4. The average Bonchev–Trinajstić information content (AvgIpc) is 2.41. The third-order valence-electron chi connectivity index (χ3n) is 3.23. The van der Waals surface area contributed by atoms with Crippen LogP contribution in [0.1, 0.15) is 12.0 Å². The van der Waals surface area contributed by atoms with Crippen LogP contribution in [0.15, 0.2) is 30.3 Å². The first-order valence-electron chi connectivity index (χ1n) is 6.27. The summed E-state index contributed by atoms with van der Waals surface area (Å²) in [7, 11) is 0. The molecule has 0 spiro atoms. The lowest BCUT2D eigenvalue weighted by Gasteiger charge is -2.34. The molecule has 18 heavy (non-hydrogen) atoms. The molecule has 0 aromatic heterocycles. The van der Waals surface area contributed by atoms with Crippen molar-refractivity contribution in [1.29, 1.82) is 0 Å². The van der Waals surface area contributed by atoms with Crippen LogP contribution < -0.4 is 0 Å². The molecule has 0 N–H and O–H groups in total. The zero-order chi connectivity index (χ0) is 12.8. The fourth-order valence-corrected chi connectivity index (χ4v) is 2.20. The van der Waals surface area contributed by atoms with Gasteiger partial charge in [0.05, 0.1) is 6.42 Å². The van der Waals surface area contributed by atoms with Gasteiger partial charge >= 0.3 is 0 Å². The van der Waals surface area contributed by atoms with E-state index in [9.17, 15) is 9.59 Å². The van der Waals surface area contributed by atoms with E-state index >= 15 is 0 Å². The lowest BCUT2D eigenvalue weighted by molar-refractivity contribution is -0.134. The highest BCUT2D eigenvalue weighted by molar-refractivity contribution is 5.88. The Morgan fingerprint density at radius 2 is 1.78 bits per heavy atom. The molecule has 1 aliphatic heterocycles. The number of nitrogens with zero attached hydrogens (tertiary/aromatic N) is 2. The number of benzene rings is 1. The maximum absolute atomic E-state index is 11.5. The highest BCUT2D eigenvalue weighted by atomic mass is 16.2. The van der Waals surface area contributed by atoms with E-state index in [1.54, 1.807) is 4.90 Å². The van der Waals surface area contributed by atoms with E-state index in [1.165, 1.54) is 5.56 Å². The van der Waals surface area contributed by atoms with Crippen LogP contribution in [0.3, 0.4) is 0 Å². The number of hydrogen-bond donors (Lipinski definition) is 0. The van der Waals surface area contributed by atoms with Crippen LogP contribution in [0.5, 0.6) is 0 Å². The van der Waals surface area contributed by atoms with Gasteiger partial charge in [-0.25, -0.2) is 0 Å². The SMILES string of the molecule is O=CCC(=O)N1CCN(Cc2ccccc2)CC1. The highest BCUT2D eigenvalue weighted by Gasteiger charge is 2.20. The Kier molecular flexibility index (Phi) is 4.47. The molecular weight excluding hydrogens is 228 g/mol. The Morgan fingerprint density at radius 3 is 2.39 bits per heavy atom. The van der Waals surface area contributed by atoms with Crippen LogP contribution >= 0.6 is 0 Å². The maximum atomic E-state index is 11.5. The Morgan fingerprint density at radius 1 is 1.11 bits per heavy atom. The van der Waals surface area contributed by atoms with Gasteiger partial charge in [0.25, 0.3) is 0 Å². The largest absolute Gasteiger partial charge is 0.340 e. The highest BCUT2D eigenvalue weighted by Crippen LogP contribution is 2.08. The summed E-state index contributed by atoms with van der Waals surface area (Å²) in [6.45, 7) is 4.12. The van der Waals surface area contributed by atoms with Gasteiger partial charge in [-0.3, -0.25) is 9.69 Å². The van der Waals surface area contributed by atoms with E-state index in [0.717, 1.165) is 32.7 Å². The van der Waals surface area contributed by atoms with E-state index < -0.39 is 0 Å². The molecule has 4 nitrogen and oxygen atoms in total. The van der Waals surface area contributed by atoms with Crippen molar-refractivity contribution in [3.8, 4) is 0 Å². The predicted octanol–water partition coefficient (Wildman–Crippen LogP) is 0.920. The lowest BCUT2D eigenvalue weighted by Crippen LogP contribution is -2.48. The van der Waals surface area contributed by atoms with Crippen molar-refractivity contribution in [2.45, 2.75) is 13.0 Å². The van der Waals surface area contributed by atoms with Gasteiger partial charge in [0.15, 0.2) is 0 Å². The first kappa shape index (κ1) is 12.8. The summed E-state index contributed by atoms with van der Waals surface area (Å²) in [5.41, 5.74) is 1.30. The molecule has 1 aromatic rings. The summed E-state index contributed by atoms with van der Waals surface area (Å²) in [5, 5.41) is 0. The van der Waals surface area contributed by atoms with Crippen molar-refractivity contribution in [2.24, 2.45) is 0 Å². The second-order valence-corrected chi connectivity index (χ2v) is 4.51. The summed E-state index contributed by atoms with van der Waals surface area (Å²) < 4.78 is 0. The molecule has 96 valence electrons. The summed E-state index contributed by atoms with van der Waals surface area (Å²) in [6, 6.07) is 10.3. The molecule has 4 heteroatoms. The van der Waals surface area contributed by atoms with Gasteiger partial charge in [-0.2, -0.15) is 0 Å². The van der Waals surface area contributed by atoms with Gasteiger partial charge in [-0.15, -0.1) is 0 Å². The molecule has 0 saturated carbocycles. The summed E-state index contributed by atoms with van der Waals surface area (Å²) in [5.74, 6) is -0.0515. The Balaban J connectivity index is 1.80. The van der Waals surface area contributed by atoms with Crippen LogP contribution in [-0.2, 0) is 16.1 Å². The lowest BCUT2D eigenvalue weighted by atomic mass is 10.2. The topological polar surface area (TPSA) is 40.6 Å². The number of carbonyl (C=O) groups excluding carboxylic acids is 2. The fourth-order valence-electron chi connectivity index (χ4n) is 2.20. The van der Waals surface area contributed by atoms with Crippen molar-refractivity contribution >= 4 is 12.2 Å². The standard InChI is InChI=1S/C14H18N2O2/c17-11-6-14(18)16-9-7-15(8-10-16)12-13-4-2-1-3-5-13/h1-5,11H,6-10,12H2. The second kappa shape index (κ2) is 6.31. The number of amides is 1. The minimum atomic E-state index is -0.0515. The summed E-state index contributed by atoms with van der Waals surface area (Å²) in [4.78, 5) is 26.0. The quantitative estimate of drug-likeness (QED) is 0.586. The minimum absolute atomic E-state index is 0.0126. The molecule has 1 amide bonds. The zero-order valence-corrected chi connectivity index (χ0v) is 10.4. The smallest absolute Gasteiger partial charge is 0.229 e. The third kappa shape index (κ3) is 3.40. The number of hydrogen-bond acceptors (Lipinski definition) is 3. The van der Waals surface area contributed by atoms with Crippen LogP contribution in [0.25, 0.3) is 0 Å². The molecular formula is C14H18N2O2. The van der Waals surface area contributed by atoms with Gasteiger partial charge in [0, 0.05) is 32.7 Å². The molecule has 0 bridgehead atoms. The zero-order valence-electron chi connectivity index (χ0n) is 10.4. The Hall–Kier alpha value is -1.68. The van der Waals surface area contributed by atoms with Crippen molar-refractivity contribution < 1.29 is 9.59 Å². The second-order valence-electron chi connectivity index (χ2n) is 4.51. The van der Waals surface area contributed by atoms with Gasteiger partial charge in [0.2, 0.25) is 5.91 Å². The monoisotopic (exact) mass is 246 g/mol. The van der Waals surface area contributed by atoms with Gasteiger partial charge in [0.1, 0.15) is 6.29 Å². The molecule has 0 atom stereocenters. The van der Waals surface area contributed by atoms with Crippen molar-refractivity contribution in [1.82, 2.24) is 9.80 Å². The van der Waals surface area contributed by atoms with Crippen molar-refractivity contribution in [3.63, 3.8) is 0 Å². The molecule has 1 fully saturated rings. The molecule has 1 aliphatic rings. The predicted molar refractivity (Wildman–Crippen MR) is 69.0 cm³/mol. The van der Waals surface area contributed by atoms with Gasteiger partial charge in [-0.05, 0) is 5.56 Å². The summed E-state index contributed by atoms with van der Waals surface area (Å²) >= 11 is 0. The Labute approximate surface area is 107 Å². The molecule has 1 aromatic carbocycles. The van der Waals surface area contributed by atoms with E-state index in [4.69, 9.17) is 0 Å².